The van der Waals surface area contributed by atoms with Crippen LogP contribution in [0.3, 0.4) is 0 Å². The molecule has 9 nitrogen and oxygen atoms in total. The number of piperazine rings is 1. The third-order valence-electron chi connectivity index (χ3n) is 6.64. The molecule has 3 amide bonds. The predicted octanol–water partition coefficient (Wildman–Crippen LogP) is 1.96. The maximum Gasteiger partial charge on any atom is 0.318 e. The van der Waals surface area contributed by atoms with Crippen LogP contribution in [0.2, 0.25) is 0 Å². The van der Waals surface area contributed by atoms with Crippen molar-refractivity contribution in [3.05, 3.63) is 11.7 Å². The van der Waals surface area contributed by atoms with Gasteiger partial charge in [-0.15, -0.1) is 0 Å². The molecule has 0 radical (unpaired) electrons. The van der Waals surface area contributed by atoms with E-state index in [1.165, 1.54) is 19.3 Å². The first-order valence-electron chi connectivity index (χ1n) is 11.5. The van der Waals surface area contributed by atoms with E-state index in [2.05, 4.69) is 27.4 Å². The van der Waals surface area contributed by atoms with E-state index in [4.69, 9.17) is 4.52 Å². The molecule has 4 rings (SSSR count). The maximum absolute atomic E-state index is 12.8. The van der Waals surface area contributed by atoms with Crippen LogP contribution in [0.1, 0.15) is 69.1 Å². The van der Waals surface area contributed by atoms with Crippen molar-refractivity contribution in [3.8, 4) is 0 Å². The fourth-order valence-electron chi connectivity index (χ4n) is 4.72. The third kappa shape index (κ3) is 5.11. The number of carbonyl (C=O) groups excluding carboxylic acids is 2. The van der Waals surface area contributed by atoms with E-state index >= 15 is 0 Å². The smallest absolute Gasteiger partial charge is 0.318 e. The van der Waals surface area contributed by atoms with Crippen LogP contribution in [0.15, 0.2) is 4.52 Å². The van der Waals surface area contributed by atoms with Gasteiger partial charge in [-0.3, -0.25) is 4.79 Å². The van der Waals surface area contributed by atoms with Crippen LogP contribution < -0.4 is 5.32 Å². The minimum absolute atomic E-state index is 0.0130. The Morgan fingerprint density at radius 1 is 1.03 bits per heavy atom. The lowest BCUT2D eigenvalue weighted by Gasteiger charge is -2.32. The molecule has 0 aromatic carbocycles. The van der Waals surface area contributed by atoms with Gasteiger partial charge in [-0.25, -0.2) is 4.79 Å². The molecule has 2 aliphatic heterocycles. The Labute approximate surface area is 178 Å². The number of likely N-dealkylation sites (tertiary alicyclic amines) is 1. The van der Waals surface area contributed by atoms with Gasteiger partial charge in [0, 0.05) is 51.6 Å². The standard InChI is InChI=1S/C21H34N6O3/c1-25-12-14-26(15-13-25)19(28)10-9-18-23-20(24-30-18)17-8-5-11-27(17)21(29)22-16-6-3-2-4-7-16/h16-17H,2-15H2,1H3,(H,22,29). The molecular formula is C21H34N6O3. The van der Waals surface area contributed by atoms with Crippen LogP contribution in [0, 0.1) is 0 Å². The Bertz CT molecular complexity index is 724. The summed E-state index contributed by atoms with van der Waals surface area (Å²) in [5.41, 5.74) is 0. The molecule has 1 N–H and O–H groups in total. The van der Waals surface area contributed by atoms with E-state index in [1.54, 1.807) is 0 Å². The van der Waals surface area contributed by atoms with E-state index in [9.17, 15) is 9.59 Å². The molecule has 3 fully saturated rings. The molecule has 1 aromatic heterocycles. The first-order valence-corrected chi connectivity index (χ1v) is 11.5. The Hall–Kier alpha value is -2.16. The summed E-state index contributed by atoms with van der Waals surface area (Å²) in [5, 5.41) is 7.33. The minimum atomic E-state index is -0.139. The van der Waals surface area contributed by atoms with Gasteiger partial charge >= 0.3 is 6.03 Å². The molecule has 3 heterocycles. The summed E-state index contributed by atoms with van der Waals surface area (Å²) >= 11 is 0. The molecule has 1 aromatic rings. The largest absolute Gasteiger partial charge is 0.340 e. The topological polar surface area (TPSA) is 94.8 Å². The second-order valence-electron chi connectivity index (χ2n) is 8.87. The summed E-state index contributed by atoms with van der Waals surface area (Å²) in [6.07, 6.45) is 8.38. The lowest BCUT2D eigenvalue weighted by molar-refractivity contribution is -0.132. The highest BCUT2D eigenvalue weighted by Gasteiger charge is 2.34. The molecule has 166 valence electrons. The normalized spacial score (nSPS) is 23.7. The fraction of sp³-hybridized carbons (Fsp3) is 0.810. The highest BCUT2D eigenvalue weighted by Crippen LogP contribution is 2.30. The van der Waals surface area contributed by atoms with Crippen LogP contribution >= 0.6 is 0 Å². The second kappa shape index (κ2) is 9.76. The molecule has 2 saturated heterocycles. The summed E-state index contributed by atoms with van der Waals surface area (Å²) in [5.74, 6) is 1.18. The molecule has 30 heavy (non-hydrogen) atoms. The van der Waals surface area contributed by atoms with Crippen molar-refractivity contribution < 1.29 is 14.1 Å². The molecule has 3 aliphatic rings. The molecule has 1 saturated carbocycles. The van der Waals surface area contributed by atoms with Crippen molar-refractivity contribution in [2.45, 2.75) is 69.9 Å². The zero-order chi connectivity index (χ0) is 20.9. The van der Waals surface area contributed by atoms with Crippen molar-refractivity contribution in [1.29, 1.82) is 0 Å². The molecule has 9 heteroatoms. The molecule has 1 unspecified atom stereocenters. The van der Waals surface area contributed by atoms with Gasteiger partial charge in [-0.1, -0.05) is 24.4 Å². The zero-order valence-corrected chi connectivity index (χ0v) is 18.0. The number of amides is 3. The third-order valence-corrected chi connectivity index (χ3v) is 6.64. The lowest BCUT2D eigenvalue weighted by atomic mass is 9.96. The molecular weight excluding hydrogens is 384 g/mol. The van der Waals surface area contributed by atoms with Crippen LogP contribution in [0.25, 0.3) is 0 Å². The van der Waals surface area contributed by atoms with Crippen LogP contribution in [-0.4, -0.2) is 82.6 Å². The Morgan fingerprint density at radius 3 is 2.57 bits per heavy atom. The van der Waals surface area contributed by atoms with Crippen LogP contribution in [-0.2, 0) is 11.2 Å². The quantitative estimate of drug-likeness (QED) is 0.785. The molecule has 0 bridgehead atoms. The van der Waals surface area contributed by atoms with Gasteiger partial charge in [0.2, 0.25) is 11.8 Å². The number of aryl methyl sites for hydroxylation is 1. The second-order valence-corrected chi connectivity index (χ2v) is 8.87. The van der Waals surface area contributed by atoms with Gasteiger partial charge in [-0.2, -0.15) is 4.98 Å². The summed E-state index contributed by atoms with van der Waals surface area (Å²) < 4.78 is 5.41. The predicted molar refractivity (Wildman–Crippen MR) is 111 cm³/mol. The number of nitrogens with zero attached hydrogens (tertiary/aromatic N) is 5. The Morgan fingerprint density at radius 2 is 1.80 bits per heavy atom. The van der Waals surface area contributed by atoms with Gasteiger partial charge in [0.1, 0.15) is 0 Å². The highest BCUT2D eigenvalue weighted by atomic mass is 16.5. The average Bonchev–Trinajstić information content (AvgIpc) is 3.42. The van der Waals surface area contributed by atoms with Crippen LogP contribution in [0.5, 0.6) is 0 Å². The summed E-state index contributed by atoms with van der Waals surface area (Å²) in [7, 11) is 2.07. The first kappa shape index (κ1) is 21.1. The van der Waals surface area contributed by atoms with Gasteiger partial charge in [-0.05, 0) is 32.7 Å². The highest BCUT2D eigenvalue weighted by molar-refractivity contribution is 5.76. The SMILES string of the molecule is CN1CCN(C(=O)CCc2nc(C3CCCN3C(=O)NC3CCCCC3)no2)CC1. The van der Waals surface area contributed by atoms with E-state index in [0.717, 1.165) is 58.4 Å². The van der Waals surface area contributed by atoms with E-state index in [1.807, 2.05) is 9.80 Å². The number of aromatic nitrogens is 2. The fourth-order valence-corrected chi connectivity index (χ4v) is 4.72. The van der Waals surface area contributed by atoms with Crippen molar-refractivity contribution in [2.24, 2.45) is 0 Å². The molecule has 1 atom stereocenters. The van der Waals surface area contributed by atoms with E-state index < -0.39 is 0 Å². The minimum Gasteiger partial charge on any atom is -0.340 e. The lowest BCUT2D eigenvalue weighted by Crippen LogP contribution is -2.47. The summed E-state index contributed by atoms with van der Waals surface area (Å²) in [6, 6.07) is 0.134. The summed E-state index contributed by atoms with van der Waals surface area (Å²) in [4.78, 5) is 35.7. The molecule has 0 spiro atoms. The Balaban J connectivity index is 1.29. The van der Waals surface area contributed by atoms with E-state index in [0.29, 0.717) is 24.6 Å². The number of likely N-dealkylation sites (N-methyl/N-ethyl adjacent to an activating group) is 1. The van der Waals surface area contributed by atoms with E-state index in [-0.39, 0.29) is 24.0 Å². The van der Waals surface area contributed by atoms with Gasteiger partial charge in [0.05, 0.1) is 6.04 Å². The van der Waals surface area contributed by atoms with Crippen molar-refractivity contribution in [1.82, 2.24) is 30.2 Å². The maximum atomic E-state index is 12.8. The number of carbonyl (C=O) groups is 2. The number of hydrogen-bond acceptors (Lipinski definition) is 6. The molecule has 1 aliphatic carbocycles. The van der Waals surface area contributed by atoms with Crippen molar-refractivity contribution in [2.75, 3.05) is 39.8 Å². The van der Waals surface area contributed by atoms with Gasteiger partial charge < -0.3 is 24.5 Å². The average molecular weight is 419 g/mol. The zero-order valence-electron chi connectivity index (χ0n) is 18.0. The van der Waals surface area contributed by atoms with Crippen molar-refractivity contribution in [3.63, 3.8) is 0 Å². The monoisotopic (exact) mass is 418 g/mol. The summed E-state index contributed by atoms with van der Waals surface area (Å²) in [6.45, 7) is 4.10. The number of nitrogens with one attached hydrogen (secondary N) is 1. The number of rotatable bonds is 5. The van der Waals surface area contributed by atoms with Gasteiger partial charge in [0.15, 0.2) is 5.82 Å². The van der Waals surface area contributed by atoms with Crippen molar-refractivity contribution >= 4 is 11.9 Å². The Kier molecular flexibility index (Phi) is 6.86. The number of urea groups is 1. The van der Waals surface area contributed by atoms with Crippen LogP contribution in [0.4, 0.5) is 4.79 Å². The number of hydrogen-bond donors (Lipinski definition) is 1. The van der Waals surface area contributed by atoms with Gasteiger partial charge in [0.25, 0.3) is 0 Å². The first-order chi connectivity index (χ1) is 14.6.